The smallest absolute Gasteiger partial charge is 0.322 e. The molecule has 7 nitrogen and oxygen atoms in total. The van der Waals surface area contributed by atoms with Gasteiger partial charge in [0.1, 0.15) is 0 Å². The van der Waals surface area contributed by atoms with E-state index in [1.54, 1.807) is 30.5 Å². The van der Waals surface area contributed by atoms with Crippen LogP contribution in [0.5, 0.6) is 0 Å². The first-order valence-corrected chi connectivity index (χ1v) is 9.61. The summed E-state index contributed by atoms with van der Waals surface area (Å²) in [4.78, 5) is 21.0. The van der Waals surface area contributed by atoms with E-state index in [0.29, 0.717) is 43.6 Å². The Balaban J connectivity index is 1.77. The summed E-state index contributed by atoms with van der Waals surface area (Å²) >= 11 is 6.20. The Bertz CT molecular complexity index is 769. The van der Waals surface area contributed by atoms with Gasteiger partial charge < -0.3 is 24.6 Å². The first-order chi connectivity index (χ1) is 13.7. The van der Waals surface area contributed by atoms with Gasteiger partial charge in [-0.25, -0.2) is 4.79 Å². The van der Waals surface area contributed by atoms with Gasteiger partial charge in [-0.3, -0.25) is 4.98 Å². The van der Waals surface area contributed by atoms with Crippen molar-refractivity contribution in [3.05, 3.63) is 53.3 Å². The molecule has 8 heteroatoms. The quantitative estimate of drug-likeness (QED) is 0.767. The number of methoxy groups -OCH3 is 1. The standard InChI is InChI=1S/C20H25ClN4O3/c1-27-10-7-25(15-16-3-2-6-22-14-16)20(26)23-18-13-17(21)4-5-19(18)24-8-11-28-12-9-24/h2-6,13-14H,7-12,15H2,1H3,(H,23,26). The van der Waals surface area contributed by atoms with E-state index in [9.17, 15) is 4.79 Å². The van der Waals surface area contributed by atoms with Gasteiger partial charge in [0.05, 0.1) is 31.2 Å². The third kappa shape index (κ3) is 5.58. The number of morpholine rings is 1. The number of urea groups is 1. The maximum absolute atomic E-state index is 13.0. The number of pyridine rings is 1. The maximum atomic E-state index is 13.0. The van der Waals surface area contributed by atoms with Gasteiger partial charge in [-0.2, -0.15) is 0 Å². The van der Waals surface area contributed by atoms with Crippen LogP contribution < -0.4 is 10.2 Å². The van der Waals surface area contributed by atoms with Crippen molar-refractivity contribution < 1.29 is 14.3 Å². The van der Waals surface area contributed by atoms with E-state index < -0.39 is 0 Å². The van der Waals surface area contributed by atoms with Gasteiger partial charge in [0.2, 0.25) is 0 Å². The Labute approximate surface area is 170 Å². The van der Waals surface area contributed by atoms with Crippen molar-refractivity contribution in [1.29, 1.82) is 0 Å². The van der Waals surface area contributed by atoms with E-state index in [2.05, 4.69) is 15.2 Å². The van der Waals surface area contributed by atoms with Gasteiger partial charge in [-0.1, -0.05) is 17.7 Å². The zero-order valence-corrected chi connectivity index (χ0v) is 16.7. The van der Waals surface area contributed by atoms with Crippen LogP contribution in [-0.2, 0) is 16.0 Å². The SMILES string of the molecule is COCCN(Cc1cccnc1)C(=O)Nc1cc(Cl)ccc1N1CCOCC1. The number of ether oxygens (including phenoxy) is 2. The molecule has 0 aliphatic carbocycles. The summed E-state index contributed by atoms with van der Waals surface area (Å²) in [6.45, 7) is 4.22. The lowest BCUT2D eigenvalue weighted by atomic mass is 10.2. The fourth-order valence-electron chi connectivity index (χ4n) is 3.05. The number of anilines is 2. The number of nitrogens with one attached hydrogen (secondary N) is 1. The molecular weight excluding hydrogens is 380 g/mol. The molecule has 0 spiro atoms. The number of benzene rings is 1. The van der Waals surface area contributed by atoms with Crippen molar-refractivity contribution in [1.82, 2.24) is 9.88 Å². The molecule has 0 saturated carbocycles. The molecule has 2 amide bonds. The molecule has 0 bridgehead atoms. The van der Waals surface area contributed by atoms with Crippen LogP contribution in [0, 0.1) is 0 Å². The molecule has 0 atom stereocenters. The van der Waals surface area contributed by atoms with Crippen molar-refractivity contribution in [2.45, 2.75) is 6.54 Å². The number of hydrogen-bond donors (Lipinski definition) is 1. The number of rotatable bonds is 7. The molecule has 3 rings (SSSR count). The second-order valence-corrected chi connectivity index (χ2v) is 6.90. The van der Waals surface area contributed by atoms with E-state index >= 15 is 0 Å². The number of hydrogen-bond acceptors (Lipinski definition) is 5. The highest BCUT2D eigenvalue weighted by Crippen LogP contribution is 2.30. The number of nitrogens with zero attached hydrogens (tertiary/aromatic N) is 3. The predicted molar refractivity (Wildman–Crippen MR) is 110 cm³/mol. The van der Waals surface area contributed by atoms with Crippen LogP contribution in [0.2, 0.25) is 5.02 Å². The molecule has 1 aromatic heterocycles. The summed E-state index contributed by atoms with van der Waals surface area (Å²) in [6.07, 6.45) is 3.47. The average Bonchev–Trinajstić information content (AvgIpc) is 2.72. The molecule has 0 unspecified atom stereocenters. The largest absolute Gasteiger partial charge is 0.383 e. The minimum absolute atomic E-state index is 0.210. The molecule has 0 radical (unpaired) electrons. The van der Waals surface area contributed by atoms with Crippen LogP contribution in [0.25, 0.3) is 0 Å². The van der Waals surface area contributed by atoms with E-state index in [-0.39, 0.29) is 6.03 Å². The number of halogens is 1. The van der Waals surface area contributed by atoms with Gasteiger partial charge >= 0.3 is 6.03 Å². The third-order valence-corrected chi connectivity index (χ3v) is 4.74. The Morgan fingerprint density at radius 2 is 2.18 bits per heavy atom. The van der Waals surface area contributed by atoms with Crippen molar-refractivity contribution >= 4 is 29.0 Å². The second-order valence-electron chi connectivity index (χ2n) is 6.47. The first kappa shape index (κ1) is 20.4. The van der Waals surface area contributed by atoms with Crippen LogP contribution >= 0.6 is 11.6 Å². The second kappa shape index (κ2) is 10.3. The zero-order chi connectivity index (χ0) is 19.8. The molecular formula is C20H25ClN4O3. The lowest BCUT2D eigenvalue weighted by molar-refractivity contribution is 0.123. The van der Waals surface area contributed by atoms with Crippen molar-refractivity contribution in [3.63, 3.8) is 0 Å². The first-order valence-electron chi connectivity index (χ1n) is 9.23. The van der Waals surface area contributed by atoms with Gasteiger partial charge in [0.25, 0.3) is 0 Å². The number of amides is 2. The topological polar surface area (TPSA) is 66.9 Å². The summed E-state index contributed by atoms with van der Waals surface area (Å²) in [7, 11) is 1.62. The maximum Gasteiger partial charge on any atom is 0.322 e. The molecule has 2 heterocycles. The fourth-order valence-corrected chi connectivity index (χ4v) is 3.22. The van der Waals surface area contributed by atoms with Crippen LogP contribution in [0.15, 0.2) is 42.7 Å². The molecule has 1 fully saturated rings. The monoisotopic (exact) mass is 404 g/mol. The molecule has 28 heavy (non-hydrogen) atoms. The molecule has 1 saturated heterocycles. The summed E-state index contributed by atoms with van der Waals surface area (Å²) in [5.41, 5.74) is 2.58. The zero-order valence-electron chi connectivity index (χ0n) is 15.9. The van der Waals surface area contributed by atoms with E-state index in [1.807, 2.05) is 24.3 Å². The van der Waals surface area contributed by atoms with E-state index in [4.69, 9.17) is 21.1 Å². The van der Waals surface area contributed by atoms with Gasteiger partial charge in [-0.15, -0.1) is 0 Å². The Kier molecular flexibility index (Phi) is 7.47. The van der Waals surface area contributed by atoms with E-state index in [0.717, 1.165) is 24.3 Å². The molecule has 1 aliphatic rings. The molecule has 1 aliphatic heterocycles. The average molecular weight is 405 g/mol. The third-order valence-electron chi connectivity index (χ3n) is 4.50. The highest BCUT2D eigenvalue weighted by molar-refractivity contribution is 6.31. The number of carbonyl (C=O) groups is 1. The van der Waals surface area contributed by atoms with Crippen LogP contribution in [0.3, 0.4) is 0 Å². The van der Waals surface area contributed by atoms with Crippen LogP contribution in [0.1, 0.15) is 5.56 Å². The summed E-state index contributed by atoms with van der Waals surface area (Å²) in [6, 6.07) is 9.14. The highest BCUT2D eigenvalue weighted by atomic mass is 35.5. The molecule has 1 aromatic carbocycles. The number of carbonyl (C=O) groups excluding carboxylic acids is 1. The van der Waals surface area contributed by atoms with Crippen molar-refractivity contribution in [2.75, 3.05) is 56.8 Å². The highest BCUT2D eigenvalue weighted by Gasteiger charge is 2.19. The molecule has 1 N–H and O–H groups in total. The van der Waals surface area contributed by atoms with E-state index in [1.165, 1.54) is 0 Å². The Morgan fingerprint density at radius 3 is 2.89 bits per heavy atom. The van der Waals surface area contributed by atoms with Crippen molar-refractivity contribution in [2.24, 2.45) is 0 Å². The summed E-state index contributed by atoms with van der Waals surface area (Å²) < 4.78 is 10.6. The minimum Gasteiger partial charge on any atom is -0.383 e. The molecule has 150 valence electrons. The predicted octanol–water partition coefficient (Wildman–Crippen LogP) is 3.25. The normalized spacial score (nSPS) is 14.0. The van der Waals surface area contributed by atoms with Gasteiger partial charge in [0.15, 0.2) is 0 Å². The summed E-state index contributed by atoms with van der Waals surface area (Å²) in [5.74, 6) is 0. The van der Waals surface area contributed by atoms with Crippen molar-refractivity contribution in [3.8, 4) is 0 Å². The summed E-state index contributed by atoms with van der Waals surface area (Å²) in [5, 5.41) is 3.59. The fraction of sp³-hybridized carbons (Fsp3) is 0.400. The lowest BCUT2D eigenvalue weighted by Crippen LogP contribution is -2.39. The minimum atomic E-state index is -0.210. The van der Waals surface area contributed by atoms with Crippen LogP contribution in [0.4, 0.5) is 16.2 Å². The number of aromatic nitrogens is 1. The Morgan fingerprint density at radius 1 is 1.36 bits per heavy atom. The Hall–Kier alpha value is -2.35. The van der Waals surface area contributed by atoms with Gasteiger partial charge in [0, 0.05) is 50.7 Å². The van der Waals surface area contributed by atoms with Gasteiger partial charge in [-0.05, 0) is 29.8 Å². The molecule has 2 aromatic rings. The van der Waals surface area contributed by atoms with Crippen LogP contribution in [-0.4, -0.2) is 62.5 Å². The lowest BCUT2D eigenvalue weighted by Gasteiger charge is -2.31.